The second-order valence-corrected chi connectivity index (χ2v) is 6.82. The molecule has 0 bridgehead atoms. The second kappa shape index (κ2) is 7.52. The van der Waals surface area contributed by atoms with E-state index in [1.807, 2.05) is 25.1 Å². The molecule has 0 radical (unpaired) electrons. The molecule has 0 aromatic heterocycles. The predicted molar refractivity (Wildman–Crippen MR) is 93.1 cm³/mol. The van der Waals surface area contributed by atoms with Crippen LogP contribution in [-0.2, 0) is 0 Å². The first kappa shape index (κ1) is 16.7. The largest absolute Gasteiger partial charge is 0.306 e. The molecule has 0 spiro atoms. The van der Waals surface area contributed by atoms with Crippen molar-refractivity contribution in [3.05, 3.63) is 67.9 Å². The van der Waals surface area contributed by atoms with Crippen LogP contribution in [0.4, 0.5) is 4.39 Å². The molecule has 1 nitrogen and oxygen atoms in total. The highest BCUT2D eigenvalue weighted by Gasteiger charge is 2.19. The van der Waals surface area contributed by atoms with E-state index in [9.17, 15) is 4.39 Å². The summed E-state index contributed by atoms with van der Waals surface area (Å²) >= 11 is 7.12. The molecule has 0 saturated heterocycles. The summed E-state index contributed by atoms with van der Waals surface area (Å²) in [5.74, 6) is -0.204. The van der Waals surface area contributed by atoms with Crippen LogP contribution in [0.5, 0.6) is 0 Å². The van der Waals surface area contributed by atoms with E-state index in [4.69, 9.17) is 0 Å². The minimum atomic E-state index is -0.204. The van der Waals surface area contributed by atoms with Crippen LogP contribution in [0.2, 0.25) is 0 Å². The first-order chi connectivity index (χ1) is 10.0. The van der Waals surface area contributed by atoms with Gasteiger partial charge in [-0.15, -0.1) is 0 Å². The van der Waals surface area contributed by atoms with E-state index in [0.717, 1.165) is 38.6 Å². The van der Waals surface area contributed by atoms with Gasteiger partial charge in [0.15, 0.2) is 0 Å². The number of rotatable bonds is 5. The normalized spacial score (nSPS) is 12.4. The molecule has 2 aromatic carbocycles. The van der Waals surface area contributed by atoms with Gasteiger partial charge in [-0.25, -0.2) is 4.39 Å². The van der Waals surface area contributed by atoms with E-state index in [-0.39, 0.29) is 11.9 Å². The lowest BCUT2D eigenvalue weighted by Gasteiger charge is -2.23. The van der Waals surface area contributed by atoms with Crippen LogP contribution in [0.3, 0.4) is 0 Å². The molecule has 1 atom stereocenters. The Morgan fingerprint density at radius 2 is 1.86 bits per heavy atom. The second-order valence-electron chi connectivity index (χ2n) is 5.05. The molecule has 4 heteroatoms. The van der Waals surface area contributed by atoms with Gasteiger partial charge in [0, 0.05) is 8.95 Å². The summed E-state index contributed by atoms with van der Waals surface area (Å²) in [4.78, 5) is 0. The zero-order valence-electron chi connectivity index (χ0n) is 12.1. The van der Waals surface area contributed by atoms with Crippen LogP contribution < -0.4 is 5.32 Å². The van der Waals surface area contributed by atoms with Crippen molar-refractivity contribution in [2.75, 3.05) is 6.54 Å². The Kier molecular flexibility index (Phi) is 5.97. The van der Waals surface area contributed by atoms with Gasteiger partial charge in [-0.2, -0.15) is 0 Å². The van der Waals surface area contributed by atoms with Gasteiger partial charge in [0.1, 0.15) is 5.82 Å². The molecule has 112 valence electrons. The minimum absolute atomic E-state index is 0.0347. The van der Waals surface area contributed by atoms with Gasteiger partial charge in [-0.3, -0.25) is 0 Å². The fourth-order valence-electron chi connectivity index (χ4n) is 2.33. The Labute approximate surface area is 142 Å². The average Bonchev–Trinajstić information content (AvgIpc) is 2.46. The molecule has 1 unspecified atom stereocenters. The number of nitrogens with one attached hydrogen (secondary N) is 1. The van der Waals surface area contributed by atoms with Crippen LogP contribution in [0.15, 0.2) is 45.3 Å². The van der Waals surface area contributed by atoms with E-state index in [0.29, 0.717) is 0 Å². The lowest BCUT2D eigenvalue weighted by molar-refractivity contribution is 0.581. The molecular formula is C17H18Br2FN. The monoisotopic (exact) mass is 413 g/mol. The third-order valence-corrected chi connectivity index (χ3v) is 4.64. The molecule has 0 aliphatic heterocycles. The summed E-state index contributed by atoms with van der Waals surface area (Å²) in [7, 11) is 0. The van der Waals surface area contributed by atoms with E-state index in [1.165, 1.54) is 6.07 Å². The number of benzene rings is 2. The Bertz CT molecular complexity index is 577. The van der Waals surface area contributed by atoms with Gasteiger partial charge >= 0.3 is 0 Å². The maximum Gasteiger partial charge on any atom is 0.123 e. The van der Waals surface area contributed by atoms with E-state index in [1.54, 1.807) is 6.07 Å². The molecule has 0 saturated carbocycles. The molecule has 2 rings (SSSR count). The van der Waals surface area contributed by atoms with Gasteiger partial charge in [0.25, 0.3) is 0 Å². The van der Waals surface area contributed by atoms with Crippen molar-refractivity contribution in [2.45, 2.75) is 26.3 Å². The number of hydrogen-bond donors (Lipinski definition) is 1. The van der Waals surface area contributed by atoms with E-state index < -0.39 is 0 Å². The smallest absolute Gasteiger partial charge is 0.123 e. The third-order valence-electron chi connectivity index (χ3n) is 3.42. The minimum Gasteiger partial charge on any atom is -0.306 e. The van der Waals surface area contributed by atoms with Crippen molar-refractivity contribution in [1.29, 1.82) is 0 Å². The zero-order chi connectivity index (χ0) is 15.4. The van der Waals surface area contributed by atoms with Gasteiger partial charge in [0.05, 0.1) is 6.04 Å². The van der Waals surface area contributed by atoms with Crippen molar-refractivity contribution >= 4 is 31.9 Å². The summed E-state index contributed by atoms with van der Waals surface area (Å²) in [5, 5.41) is 3.52. The van der Waals surface area contributed by atoms with Crippen LogP contribution in [0.25, 0.3) is 0 Å². The molecule has 0 heterocycles. The molecule has 0 aliphatic carbocycles. The average molecular weight is 415 g/mol. The molecular weight excluding hydrogens is 397 g/mol. The van der Waals surface area contributed by atoms with Gasteiger partial charge in [-0.1, -0.05) is 44.8 Å². The zero-order valence-corrected chi connectivity index (χ0v) is 15.3. The third kappa shape index (κ3) is 4.15. The van der Waals surface area contributed by atoms with Crippen molar-refractivity contribution in [1.82, 2.24) is 5.32 Å². The fourth-order valence-corrected chi connectivity index (χ4v) is 3.19. The summed E-state index contributed by atoms with van der Waals surface area (Å²) in [6.07, 6.45) is 1.02. The van der Waals surface area contributed by atoms with Crippen molar-refractivity contribution < 1.29 is 4.39 Å². The highest BCUT2D eigenvalue weighted by Crippen LogP contribution is 2.32. The molecule has 2 aromatic rings. The predicted octanol–water partition coefficient (Wildman–Crippen LogP) is 5.75. The van der Waals surface area contributed by atoms with E-state index in [2.05, 4.69) is 50.2 Å². The molecule has 21 heavy (non-hydrogen) atoms. The standard InChI is InChI=1S/C17H18Br2FN/c1-3-8-21-17(14-10-13(20)6-4-11(14)2)15-9-12(18)5-7-16(15)19/h4-7,9-10,17,21H,3,8H2,1-2H3. The van der Waals surface area contributed by atoms with Crippen LogP contribution in [0, 0.1) is 12.7 Å². The molecule has 1 N–H and O–H groups in total. The lowest BCUT2D eigenvalue weighted by Crippen LogP contribution is -2.24. The lowest BCUT2D eigenvalue weighted by atomic mass is 9.94. The summed E-state index contributed by atoms with van der Waals surface area (Å²) in [6, 6.07) is 11.0. The van der Waals surface area contributed by atoms with Crippen molar-refractivity contribution in [2.24, 2.45) is 0 Å². The van der Waals surface area contributed by atoms with Gasteiger partial charge in [0.2, 0.25) is 0 Å². The van der Waals surface area contributed by atoms with Crippen LogP contribution >= 0.6 is 31.9 Å². The number of hydrogen-bond acceptors (Lipinski definition) is 1. The number of aryl methyl sites for hydroxylation is 1. The summed E-state index contributed by atoms with van der Waals surface area (Å²) in [6.45, 7) is 5.01. The highest BCUT2D eigenvalue weighted by molar-refractivity contribution is 9.11. The summed E-state index contributed by atoms with van der Waals surface area (Å²) < 4.78 is 15.7. The van der Waals surface area contributed by atoms with Gasteiger partial charge in [-0.05, 0) is 66.9 Å². The Balaban J connectivity index is 2.52. The Hall–Kier alpha value is -0.710. The number of halogens is 3. The first-order valence-corrected chi connectivity index (χ1v) is 8.56. The Morgan fingerprint density at radius 1 is 1.10 bits per heavy atom. The first-order valence-electron chi connectivity index (χ1n) is 6.97. The maximum absolute atomic E-state index is 13.7. The molecule has 0 aliphatic rings. The topological polar surface area (TPSA) is 12.0 Å². The van der Waals surface area contributed by atoms with Crippen LogP contribution in [0.1, 0.15) is 36.1 Å². The van der Waals surface area contributed by atoms with Crippen molar-refractivity contribution in [3.8, 4) is 0 Å². The van der Waals surface area contributed by atoms with Gasteiger partial charge < -0.3 is 5.32 Å². The van der Waals surface area contributed by atoms with E-state index >= 15 is 0 Å². The SMILES string of the molecule is CCCNC(c1cc(F)ccc1C)c1cc(Br)ccc1Br. The molecule has 0 fully saturated rings. The van der Waals surface area contributed by atoms with Crippen molar-refractivity contribution in [3.63, 3.8) is 0 Å². The fraction of sp³-hybridized carbons (Fsp3) is 0.294. The maximum atomic E-state index is 13.7. The van der Waals surface area contributed by atoms with Crippen LogP contribution in [-0.4, -0.2) is 6.54 Å². The Morgan fingerprint density at radius 3 is 2.57 bits per heavy atom. The highest BCUT2D eigenvalue weighted by atomic mass is 79.9. The summed E-state index contributed by atoms with van der Waals surface area (Å²) in [5.41, 5.74) is 3.16. The molecule has 0 amide bonds. The quantitative estimate of drug-likeness (QED) is 0.656.